The summed E-state index contributed by atoms with van der Waals surface area (Å²) in [5, 5.41) is 0. The minimum absolute atomic E-state index is 0.395. The number of rotatable bonds is 19. The molecule has 0 aliphatic heterocycles. The molecule has 0 saturated carbocycles. The molecule has 0 unspecified atom stereocenters. The maximum Gasteiger partial charge on any atom is 0.331 e. The molecule has 0 aliphatic rings. The van der Waals surface area contributed by atoms with Crippen molar-refractivity contribution in [3.8, 4) is 0 Å². The Morgan fingerprint density at radius 3 is 1.41 bits per heavy atom. The Kier molecular flexibility index (Phi) is 20.5. The van der Waals surface area contributed by atoms with Gasteiger partial charge in [0.05, 0.1) is 13.2 Å². The van der Waals surface area contributed by atoms with Crippen LogP contribution in [0, 0.1) is 0 Å². The predicted molar refractivity (Wildman–Crippen MR) is 112 cm³/mol. The van der Waals surface area contributed by atoms with Crippen LogP contribution in [-0.2, 0) is 19.1 Å². The molecule has 0 aliphatic carbocycles. The summed E-state index contributed by atoms with van der Waals surface area (Å²) >= 11 is 5.62. The lowest BCUT2D eigenvalue weighted by Gasteiger charge is -2.03. The van der Waals surface area contributed by atoms with E-state index in [1.54, 1.807) is 0 Å². The largest absolute Gasteiger partial charge is 0.463 e. The Labute approximate surface area is 171 Å². The minimum atomic E-state index is -0.485. The number of ether oxygens (including phenoxy) is 2. The first-order chi connectivity index (χ1) is 13.2. The highest BCUT2D eigenvalue weighted by Crippen LogP contribution is 2.08. The number of alkyl halides is 1. The van der Waals surface area contributed by atoms with Gasteiger partial charge in [0.15, 0.2) is 0 Å². The lowest BCUT2D eigenvalue weighted by atomic mass is 10.1. The third-order valence-corrected chi connectivity index (χ3v) is 4.64. The highest BCUT2D eigenvalue weighted by Gasteiger charge is 2.01. The molecular weight excluding hydrogens is 364 g/mol. The molecule has 158 valence electrons. The lowest BCUT2D eigenvalue weighted by molar-refractivity contribution is -0.140. The lowest BCUT2D eigenvalue weighted by Crippen LogP contribution is -2.06. The fourth-order valence-corrected chi connectivity index (χ4v) is 2.91. The molecule has 4 nitrogen and oxygen atoms in total. The molecule has 0 N–H and O–H groups in total. The smallest absolute Gasteiger partial charge is 0.331 e. The summed E-state index contributed by atoms with van der Waals surface area (Å²) < 4.78 is 10.1. The Hall–Kier alpha value is -1.03. The fourth-order valence-electron chi connectivity index (χ4n) is 2.72. The van der Waals surface area contributed by atoms with Crippen LogP contribution in [0.4, 0.5) is 0 Å². The van der Waals surface area contributed by atoms with Crippen molar-refractivity contribution in [2.75, 3.05) is 19.1 Å². The van der Waals surface area contributed by atoms with Gasteiger partial charge < -0.3 is 9.47 Å². The maximum absolute atomic E-state index is 11.5. The van der Waals surface area contributed by atoms with Crippen molar-refractivity contribution < 1.29 is 19.1 Å². The van der Waals surface area contributed by atoms with Crippen molar-refractivity contribution in [1.29, 1.82) is 0 Å². The van der Waals surface area contributed by atoms with E-state index in [4.69, 9.17) is 21.1 Å². The first-order valence-electron chi connectivity index (χ1n) is 10.8. The van der Waals surface area contributed by atoms with Crippen LogP contribution < -0.4 is 0 Å². The Balaban J connectivity index is 3.44. The molecule has 27 heavy (non-hydrogen) atoms. The molecule has 0 fully saturated rings. The van der Waals surface area contributed by atoms with E-state index < -0.39 is 11.9 Å². The average Bonchev–Trinajstić information content (AvgIpc) is 2.67. The number of carbonyl (C=O) groups excluding carboxylic acids is 2. The molecule has 5 heteroatoms. The van der Waals surface area contributed by atoms with Crippen molar-refractivity contribution in [3.63, 3.8) is 0 Å². The Morgan fingerprint density at radius 2 is 1.00 bits per heavy atom. The van der Waals surface area contributed by atoms with Crippen LogP contribution in [0.25, 0.3) is 0 Å². The van der Waals surface area contributed by atoms with E-state index in [2.05, 4.69) is 6.92 Å². The van der Waals surface area contributed by atoms with Crippen molar-refractivity contribution in [1.82, 2.24) is 0 Å². The summed E-state index contributed by atoms with van der Waals surface area (Å²) in [6, 6.07) is 0. The predicted octanol–water partition coefficient (Wildman–Crippen LogP) is 6.35. The van der Waals surface area contributed by atoms with Crippen molar-refractivity contribution in [2.24, 2.45) is 0 Å². The molecule has 0 spiro atoms. The van der Waals surface area contributed by atoms with E-state index in [1.807, 2.05) is 0 Å². The maximum atomic E-state index is 11.5. The molecular formula is C22H39ClO4. The third kappa shape index (κ3) is 21.1. The topological polar surface area (TPSA) is 52.6 Å². The van der Waals surface area contributed by atoms with Crippen LogP contribution in [0.15, 0.2) is 12.2 Å². The van der Waals surface area contributed by atoms with Gasteiger partial charge in [-0.3, -0.25) is 0 Å². The van der Waals surface area contributed by atoms with Gasteiger partial charge in [-0.2, -0.15) is 0 Å². The summed E-state index contributed by atoms with van der Waals surface area (Å²) in [5.41, 5.74) is 0. The average molecular weight is 403 g/mol. The first kappa shape index (κ1) is 26.0. The first-order valence-corrected chi connectivity index (χ1v) is 11.3. The van der Waals surface area contributed by atoms with Crippen LogP contribution in [0.2, 0.25) is 0 Å². The van der Waals surface area contributed by atoms with Gasteiger partial charge in [0.2, 0.25) is 0 Å². The van der Waals surface area contributed by atoms with Crippen LogP contribution >= 0.6 is 11.6 Å². The summed E-state index contributed by atoms with van der Waals surface area (Å²) in [7, 11) is 0. The van der Waals surface area contributed by atoms with Gasteiger partial charge >= 0.3 is 11.9 Å². The molecule has 0 rings (SSSR count). The molecule has 0 heterocycles. The van der Waals surface area contributed by atoms with Crippen molar-refractivity contribution in [2.45, 2.75) is 96.8 Å². The number of halogens is 1. The van der Waals surface area contributed by atoms with E-state index in [0.717, 1.165) is 63.0 Å². The molecule has 0 aromatic heterocycles. The van der Waals surface area contributed by atoms with Gasteiger partial charge in [0.1, 0.15) is 0 Å². The van der Waals surface area contributed by atoms with Crippen molar-refractivity contribution in [3.05, 3.63) is 12.2 Å². The SMILES string of the molecule is CCCCCCCCCCOC(=O)/C=C/C(=O)OCCCCCCCCCl. The second kappa shape index (κ2) is 21.3. The van der Waals surface area contributed by atoms with Crippen LogP contribution in [0.3, 0.4) is 0 Å². The molecule has 0 saturated heterocycles. The quantitative estimate of drug-likeness (QED) is 0.109. The normalized spacial score (nSPS) is 11.0. The molecule has 0 bridgehead atoms. The van der Waals surface area contributed by atoms with Crippen LogP contribution in [0.5, 0.6) is 0 Å². The number of unbranched alkanes of at least 4 members (excludes halogenated alkanes) is 12. The highest BCUT2D eigenvalue weighted by molar-refractivity contribution is 6.17. The summed E-state index contributed by atoms with van der Waals surface area (Å²) in [5.74, 6) is -0.235. The molecule has 0 amide bonds. The van der Waals surface area contributed by atoms with Gasteiger partial charge in [0.25, 0.3) is 0 Å². The van der Waals surface area contributed by atoms with Crippen LogP contribution in [-0.4, -0.2) is 31.0 Å². The standard InChI is InChI=1S/C22H39ClO4/c1-2-3-4-5-6-8-11-14-19-26-21(24)16-17-22(25)27-20-15-12-9-7-10-13-18-23/h16-17H,2-15,18-20H2,1H3/b17-16+. The summed E-state index contributed by atoms with van der Waals surface area (Å²) in [4.78, 5) is 23.0. The molecule has 0 radical (unpaired) electrons. The van der Waals surface area contributed by atoms with E-state index in [-0.39, 0.29) is 0 Å². The van der Waals surface area contributed by atoms with Gasteiger partial charge in [-0.25, -0.2) is 9.59 Å². The van der Waals surface area contributed by atoms with Crippen LogP contribution in [0.1, 0.15) is 96.8 Å². The second-order valence-corrected chi connectivity index (χ2v) is 7.33. The minimum Gasteiger partial charge on any atom is -0.463 e. The van der Waals surface area contributed by atoms with Gasteiger partial charge in [0, 0.05) is 18.0 Å². The Bertz CT molecular complexity index is 383. The number of carbonyl (C=O) groups is 2. The van der Waals surface area contributed by atoms with E-state index in [1.165, 1.54) is 44.9 Å². The highest BCUT2D eigenvalue weighted by atomic mass is 35.5. The van der Waals surface area contributed by atoms with E-state index in [0.29, 0.717) is 13.2 Å². The molecule has 0 aromatic carbocycles. The zero-order chi connectivity index (χ0) is 20.0. The van der Waals surface area contributed by atoms with E-state index in [9.17, 15) is 9.59 Å². The van der Waals surface area contributed by atoms with E-state index >= 15 is 0 Å². The fraction of sp³-hybridized carbons (Fsp3) is 0.818. The molecule has 0 aromatic rings. The van der Waals surface area contributed by atoms with Crippen molar-refractivity contribution >= 4 is 23.5 Å². The second-order valence-electron chi connectivity index (χ2n) is 6.95. The Morgan fingerprint density at radius 1 is 0.630 bits per heavy atom. The summed E-state index contributed by atoms with van der Waals surface area (Å²) in [6.07, 6.45) is 18.3. The molecule has 0 atom stereocenters. The van der Waals surface area contributed by atoms with Gasteiger partial charge in [-0.05, 0) is 19.3 Å². The zero-order valence-electron chi connectivity index (χ0n) is 17.2. The summed E-state index contributed by atoms with van der Waals surface area (Å²) in [6.45, 7) is 3.03. The number of hydrogen-bond donors (Lipinski definition) is 0. The monoisotopic (exact) mass is 402 g/mol. The zero-order valence-corrected chi connectivity index (χ0v) is 17.9. The third-order valence-electron chi connectivity index (χ3n) is 4.37. The van der Waals surface area contributed by atoms with Gasteiger partial charge in [-0.15, -0.1) is 11.6 Å². The van der Waals surface area contributed by atoms with Gasteiger partial charge in [-0.1, -0.05) is 77.6 Å². The number of esters is 2. The number of hydrogen-bond acceptors (Lipinski definition) is 4.